The molecule has 1 aliphatic heterocycles. The number of carbonyl (C=O) groups excluding carboxylic acids is 3. The zero-order valence-corrected chi connectivity index (χ0v) is 21.6. The molecule has 0 bridgehead atoms. The Bertz CT molecular complexity index is 1690. The number of aromatic nitrogens is 3. The number of hydrogen-bond donors (Lipinski definition) is 4. The fraction of sp³-hybridized carbons (Fsp3) is 0.300. The Kier molecular flexibility index (Phi) is 5.30. The number of imidazole rings is 1. The quantitative estimate of drug-likeness (QED) is 0.308. The standard InChI is InChI=1S/C30H28N6O3/c1-2-16-10-19(12-23-25(16)35-26(34-23)17-5-6-17)28(38)32-15-24(37)33-21-8-7-18-13-30(14-20(18)11-21)22-4-3-9-31-27(22)36-29(30)39/h3-4,7-12,17H,2,5-6,13-15H2,1H3,(H,32,38)(H,33,37)(H,34,35)(H,31,36,39). The predicted molar refractivity (Wildman–Crippen MR) is 147 cm³/mol. The summed E-state index contributed by atoms with van der Waals surface area (Å²) in [6.07, 6.45) is 5.88. The molecule has 39 heavy (non-hydrogen) atoms. The molecule has 1 spiro atoms. The Morgan fingerprint density at radius 3 is 2.77 bits per heavy atom. The lowest BCUT2D eigenvalue weighted by molar-refractivity contribution is -0.120. The topological polar surface area (TPSA) is 129 Å². The Hall–Kier alpha value is -4.53. The van der Waals surface area contributed by atoms with Gasteiger partial charge >= 0.3 is 0 Å². The van der Waals surface area contributed by atoms with Gasteiger partial charge in [-0.3, -0.25) is 14.4 Å². The number of anilines is 2. The average Bonchev–Trinajstić information content (AvgIpc) is 3.49. The van der Waals surface area contributed by atoms with Gasteiger partial charge in [0.2, 0.25) is 11.8 Å². The number of hydrogen-bond acceptors (Lipinski definition) is 5. The molecular weight excluding hydrogens is 492 g/mol. The molecule has 9 heteroatoms. The van der Waals surface area contributed by atoms with Crippen molar-refractivity contribution in [1.29, 1.82) is 0 Å². The second kappa shape index (κ2) is 8.76. The van der Waals surface area contributed by atoms with Crippen LogP contribution in [0.4, 0.5) is 11.5 Å². The summed E-state index contributed by atoms with van der Waals surface area (Å²) in [4.78, 5) is 51.0. The molecule has 9 nitrogen and oxygen atoms in total. The predicted octanol–water partition coefficient (Wildman–Crippen LogP) is 3.75. The third-order valence-electron chi connectivity index (χ3n) is 8.16. The summed E-state index contributed by atoms with van der Waals surface area (Å²) in [6, 6.07) is 13.2. The number of benzene rings is 2. The first kappa shape index (κ1) is 23.6. The third kappa shape index (κ3) is 3.96. The lowest BCUT2D eigenvalue weighted by Crippen LogP contribution is -2.35. The minimum Gasteiger partial charge on any atom is -0.343 e. The molecule has 7 rings (SSSR count). The van der Waals surface area contributed by atoms with Crippen molar-refractivity contribution < 1.29 is 14.4 Å². The minimum atomic E-state index is -0.658. The van der Waals surface area contributed by atoms with Crippen LogP contribution < -0.4 is 16.0 Å². The number of carbonyl (C=O) groups is 3. The second-order valence-corrected chi connectivity index (χ2v) is 10.8. The minimum absolute atomic E-state index is 0.0380. The molecule has 1 saturated carbocycles. The van der Waals surface area contributed by atoms with Crippen molar-refractivity contribution in [3.8, 4) is 0 Å². The monoisotopic (exact) mass is 520 g/mol. The molecule has 2 aliphatic carbocycles. The molecule has 4 aromatic rings. The van der Waals surface area contributed by atoms with E-state index in [1.165, 1.54) is 0 Å². The van der Waals surface area contributed by atoms with E-state index < -0.39 is 5.41 Å². The van der Waals surface area contributed by atoms with E-state index in [2.05, 4.69) is 25.9 Å². The fourth-order valence-electron chi connectivity index (χ4n) is 5.97. The highest BCUT2D eigenvalue weighted by molar-refractivity contribution is 6.06. The van der Waals surface area contributed by atoms with Gasteiger partial charge < -0.3 is 20.9 Å². The SMILES string of the molecule is CCc1cc(C(=O)NCC(=O)Nc2ccc3c(c2)CC2(C3)C(=O)Nc3ncccc32)cc2[nH]c(C3CC3)nc12. The van der Waals surface area contributed by atoms with Gasteiger partial charge in [-0.2, -0.15) is 0 Å². The van der Waals surface area contributed by atoms with Crippen LogP contribution in [0.5, 0.6) is 0 Å². The summed E-state index contributed by atoms with van der Waals surface area (Å²) in [6.45, 7) is 1.89. The summed E-state index contributed by atoms with van der Waals surface area (Å²) in [5, 5.41) is 8.53. The Balaban J connectivity index is 1.02. The van der Waals surface area contributed by atoms with Crippen molar-refractivity contribution in [2.75, 3.05) is 17.2 Å². The van der Waals surface area contributed by atoms with E-state index in [1.54, 1.807) is 6.20 Å². The number of amides is 3. The summed E-state index contributed by atoms with van der Waals surface area (Å²) in [5.74, 6) is 1.45. The van der Waals surface area contributed by atoms with Gasteiger partial charge in [-0.15, -0.1) is 0 Å². The van der Waals surface area contributed by atoms with Crippen LogP contribution >= 0.6 is 0 Å². The van der Waals surface area contributed by atoms with E-state index in [-0.39, 0.29) is 24.3 Å². The number of fused-ring (bicyclic) bond motifs is 4. The number of aryl methyl sites for hydroxylation is 1. The molecular formula is C30H28N6O3. The molecule has 3 amide bonds. The van der Waals surface area contributed by atoms with Gasteiger partial charge in [0.25, 0.3) is 5.91 Å². The Morgan fingerprint density at radius 1 is 1.10 bits per heavy atom. The normalized spacial score (nSPS) is 19.2. The lowest BCUT2D eigenvalue weighted by atomic mass is 9.79. The van der Waals surface area contributed by atoms with Gasteiger partial charge in [-0.1, -0.05) is 19.1 Å². The van der Waals surface area contributed by atoms with E-state index >= 15 is 0 Å². The Morgan fingerprint density at radius 2 is 1.95 bits per heavy atom. The van der Waals surface area contributed by atoms with E-state index in [0.29, 0.717) is 35.8 Å². The van der Waals surface area contributed by atoms with Crippen molar-refractivity contribution in [3.63, 3.8) is 0 Å². The molecule has 1 unspecified atom stereocenters. The first-order valence-electron chi connectivity index (χ1n) is 13.4. The van der Waals surface area contributed by atoms with Crippen LogP contribution in [0.25, 0.3) is 11.0 Å². The molecule has 0 radical (unpaired) electrons. The first-order chi connectivity index (χ1) is 18.9. The van der Waals surface area contributed by atoms with Gasteiger partial charge in [0.15, 0.2) is 0 Å². The number of H-pyrrole nitrogens is 1. The third-order valence-corrected chi connectivity index (χ3v) is 8.16. The largest absolute Gasteiger partial charge is 0.343 e. The number of pyridine rings is 1. The van der Waals surface area contributed by atoms with E-state index in [1.807, 2.05) is 49.4 Å². The molecule has 2 aromatic heterocycles. The zero-order valence-electron chi connectivity index (χ0n) is 21.6. The molecule has 1 atom stereocenters. The maximum Gasteiger partial charge on any atom is 0.251 e. The number of rotatable bonds is 6. The second-order valence-electron chi connectivity index (χ2n) is 10.8. The fourth-order valence-corrected chi connectivity index (χ4v) is 5.97. The van der Waals surface area contributed by atoms with Crippen molar-refractivity contribution in [2.24, 2.45) is 0 Å². The van der Waals surface area contributed by atoms with Gasteiger partial charge in [-0.05, 0) is 79.1 Å². The average molecular weight is 521 g/mol. The Labute approximate surface area is 224 Å². The highest BCUT2D eigenvalue weighted by Crippen LogP contribution is 2.47. The van der Waals surface area contributed by atoms with Crippen LogP contribution in [0.1, 0.15) is 64.1 Å². The maximum atomic E-state index is 12.9. The summed E-state index contributed by atoms with van der Waals surface area (Å²) in [7, 11) is 0. The molecule has 3 heterocycles. The van der Waals surface area contributed by atoms with Gasteiger partial charge in [0.05, 0.1) is 23.0 Å². The van der Waals surface area contributed by atoms with Gasteiger partial charge in [0, 0.05) is 28.9 Å². The van der Waals surface area contributed by atoms with Crippen molar-refractivity contribution in [3.05, 3.63) is 82.3 Å². The highest BCUT2D eigenvalue weighted by atomic mass is 16.2. The van der Waals surface area contributed by atoms with Crippen LogP contribution in [0, 0.1) is 0 Å². The summed E-state index contributed by atoms with van der Waals surface area (Å²) in [5.41, 5.74) is 6.29. The molecule has 1 fully saturated rings. The van der Waals surface area contributed by atoms with Crippen LogP contribution in [0.2, 0.25) is 0 Å². The van der Waals surface area contributed by atoms with Crippen LogP contribution in [-0.4, -0.2) is 39.2 Å². The van der Waals surface area contributed by atoms with Gasteiger partial charge in [0.1, 0.15) is 11.6 Å². The smallest absolute Gasteiger partial charge is 0.251 e. The first-order valence-corrected chi connectivity index (χ1v) is 13.4. The number of nitrogens with one attached hydrogen (secondary N) is 4. The van der Waals surface area contributed by atoms with Crippen LogP contribution in [0.15, 0.2) is 48.7 Å². The van der Waals surface area contributed by atoms with Gasteiger partial charge in [-0.25, -0.2) is 9.97 Å². The summed E-state index contributed by atoms with van der Waals surface area (Å²) < 4.78 is 0. The number of aromatic amines is 1. The van der Waals surface area contributed by atoms with Crippen molar-refractivity contribution >= 4 is 40.3 Å². The zero-order chi connectivity index (χ0) is 26.7. The molecule has 3 aliphatic rings. The van der Waals surface area contributed by atoms with E-state index in [4.69, 9.17) is 4.98 Å². The van der Waals surface area contributed by atoms with Crippen LogP contribution in [-0.2, 0) is 34.3 Å². The van der Waals surface area contributed by atoms with Crippen LogP contribution in [0.3, 0.4) is 0 Å². The lowest BCUT2D eigenvalue weighted by Gasteiger charge is -2.20. The van der Waals surface area contributed by atoms with Crippen molar-refractivity contribution in [1.82, 2.24) is 20.3 Å². The summed E-state index contributed by atoms with van der Waals surface area (Å²) >= 11 is 0. The molecule has 0 saturated heterocycles. The van der Waals surface area contributed by atoms with E-state index in [9.17, 15) is 14.4 Å². The molecule has 4 N–H and O–H groups in total. The van der Waals surface area contributed by atoms with Crippen molar-refractivity contribution in [2.45, 2.75) is 50.4 Å². The van der Waals surface area contributed by atoms with E-state index in [0.717, 1.165) is 58.4 Å². The highest BCUT2D eigenvalue weighted by Gasteiger charge is 2.51. The maximum absolute atomic E-state index is 12.9. The molecule has 2 aromatic carbocycles. The molecule has 196 valence electrons. The number of nitrogens with zero attached hydrogens (tertiary/aromatic N) is 2.